The van der Waals surface area contributed by atoms with E-state index in [2.05, 4.69) is 10.2 Å². The monoisotopic (exact) mass is 315 g/mol. The van der Waals surface area contributed by atoms with E-state index in [9.17, 15) is 18.0 Å². The van der Waals surface area contributed by atoms with Crippen molar-refractivity contribution in [3.05, 3.63) is 28.2 Å². The molecule has 2 heterocycles. The van der Waals surface area contributed by atoms with Crippen LogP contribution in [0.3, 0.4) is 0 Å². The summed E-state index contributed by atoms with van der Waals surface area (Å²) in [4.78, 5) is 24.6. The number of aromatic amines is 1. The topological polar surface area (TPSA) is 107 Å². The van der Waals surface area contributed by atoms with Gasteiger partial charge in [0.15, 0.2) is 0 Å². The molecule has 0 spiro atoms. The van der Waals surface area contributed by atoms with E-state index in [1.165, 1.54) is 35.4 Å². The van der Waals surface area contributed by atoms with Crippen LogP contribution < -0.4 is 5.56 Å². The molecule has 0 unspecified atom stereocenters. The molecule has 0 atom stereocenters. The molecule has 1 saturated heterocycles. The van der Waals surface area contributed by atoms with E-state index >= 15 is 0 Å². The fourth-order valence-electron chi connectivity index (χ4n) is 1.98. The summed E-state index contributed by atoms with van der Waals surface area (Å²) in [6, 6.07) is 2.58. The van der Waals surface area contributed by atoms with Crippen LogP contribution in [0.15, 0.2) is 16.9 Å². The highest BCUT2D eigenvalue weighted by atomic mass is 32.2. The standard InChI is InChI=1S/C11H17N5O4S/c1-14(2)21(19,20)16-7-5-15(6-8-16)11(18)9-3-4-10(17)13-12-9/h3-4H,5-8H2,1-2H3,(H,13,17). The summed E-state index contributed by atoms with van der Waals surface area (Å²) in [5, 5.41) is 5.88. The molecule has 0 aromatic carbocycles. The van der Waals surface area contributed by atoms with Gasteiger partial charge in [-0.2, -0.15) is 22.1 Å². The summed E-state index contributed by atoms with van der Waals surface area (Å²) < 4.78 is 26.4. The lowest BCUT2D eigenvalue weighted by Gasteiger charge is -2.34. The number of hydrogen-bond acceptors (Lipinski definition) is 5. The number of carbonyl (C=O) groups is 1. The van der Waals surface area contributed by atoms with E-state index < -0.39 is 10.2 Å². The number of nitrogens with zero attached hydrogens (tertiary/aromatic N) is 4. The molecular formula is C11H17N5O4S. The highest BCUT2D eigenvalue weighted by Gasteiger charge is 2.30. The molecule has 9 nitrogen and oxygen atoms in total. The molecule has 0 saturated carbocycles. The van der Waals surface area contributed by atoms with Crippen LogP contribution in [0.25, 0.3) is 0 Å². The van der Waals surface area contributed by atoms with Crippen molar-refractivity contribution in [1.82, 2.24) is 23.7 Å². The third kappa shape index (κ3) is 3.28. The van der Waals surface area contributed by atoms with Gasteiger partial charge in [0.05, 0.1) is 0 Å². The van der Waals surface area contributed by atoms with Gasteiger partial charge in [-0.25, -0.2) is 5.10 Å². The van der Waals surface area contributed by atoms with E-state index in [1.807, 2.05) is 0 Å². The van der Waals surface area contributed by atoms with Gasteiger partial charge in [-0.15, -0.1) is 0 Å². The van der Waals surface area contributed by atoms with Crippen LogP contribution in [0, 0.1) is 0 Å². The normalized spacial score (nSPS) is 17.2. The zero-order valence-electron chi connectivity index (χ0n) is 11.8. The van der Waals surface area contributed by atoms with Crippen LogP contribution in [0.2, 0.25) is 0 Å². The maximum Gasteiger partial charge on any atom is 0.281 e. The molecule has 1 aliphatic heterocycles. The summed E-state index contributed by atoms with van der Waals surface area (Å²) in [7, 11) is -0.515. The van der Waals surface area contributed by atoms with E-state index in [1.54, 1.807) is 0 Å². The van der Waals surface area contributed by atoms with Crippen molar-refractivity contribution in [3.63, 3.8) is 0 Å². The predicted octanol–water partition coefficient (Wildman–Crippen LogP) is -1.67. The van der Waals surface area contributed by atoms with Crippen molar-refractivity contribution in [2.24, 2.45) is 0 Å². The Hall–Kier alpha value is -1.78. The molecular weight excluding hydrogens is 298 g/mol. The van der Waals surface area contributed by atoms with E-state index in [0.29, 0.717) is 0 Å². The van der Waals surface area contributed by atoms with Gasteiger partial charge < -0.3 is 4.90 Å². The van der Waals surface area contributed by atoms with Crippen LogP contribution in [-0.4, -0.2) is 78.3 Å². The summed E-state index contributed by atoms with van der Waals surface area (Å²) in [5.74, 6) is -0.326. The molecule has 1 aromatic heterocycles. The van der Waals surface area contributed by atoms with Gasteiger partial charge in [0.2, 0.25) is 0 Å². The highest BCUT2D eigenvalue weighted by molar-refractivity contribution is 7.86. The summed E-state index contributed by atoms with van der Waals surface area (Å²) >= 11 is 0. The van der Waals surface area contributed by atoms with E-state index in [0.717, 1.165) is 4.31 Å². The van der Waals surface area contributed by atoms with Crippen LogP contribution in [0.4, 0.5) is 0 Å². The van der Waals surface area contributed by atoms with Gasteiger partial charge in [-0.1, -0.05) is 0 Å². The lowest BCUT2D eigenvalue weighted by atomic mass is 10.3. The number of carbonyl (C=O) groups excluding carboxylic acids is 1. The quantitative estimate of drug-likeness (QED) is 0.718. The average molecular weight is 315 g/mol. The Balaban J connectivity index is 2.03. The minimum absolute atomic E-state index is 0.138. The summed E-state index contributed by atoms with van der Waals surface area (Å²) in [6.45, 7) is 1.03. The number of rotatable bonds is 3. The van der Waals surface area contributed by atoms with Gasteiger partial charge in [0, 0.05) is 46.3 Å². The number of piperazine rings is 1. The molecule has 1 aromatic rings. The van der Waals surface area contributed by atoms with Crippen LogP contribution >= 0.6 is 0 Å². The van der Waals surface area contributed by atoms with E-state index in [-0.39, 0.29) is 43.3 Å². The Morgan fingerprint density at radius 3 is 2.33 bits per heavy atom. The molecule has 1 N–H and O–H groups in total. The van der Waals surface area contributed by atoms with Crippen molar-refractivity contribution >= 4 is 16.1 Å². The molecule has 2 rings (SSSR count). The molecule has 1 amide bonds. The molecule has 21 heavy (non-hydrogen) atoms. The van der Waals surface area contributed by atoms with Crippen molar-refractivity contribution in [2.75, 3.05) is 40.3 Å². The first-order valence-electron chi connectivity index (χ1n) is 6.35. The lowest BCUT2D eigenvalue weighted by molar-refractivity contribution is 0.0688. The van der Waals surface area contributed by atoms with Gasteiger partial charge in [-0.05, 0) is 6.07 Å². The maximum absolute atomic E-state index is 12.2. The zero-order chi connectivity index (χ0) is 15.6. The number of H-pyrrole nitrogens is 1. The first-order valence-corrected chi connectivity index (χ1v) is 7.74. The molecule has 10 heteroatoms. The average Bonchev–Trinajstić information content (AvgIpc) is 2.47. The number of hydrogen-bond donors (Lipinski definition) is 1. The molecule has 1 aliphatic rings. The fourth-order valence-corrected chi connectivity index (χ4v) is 3.07. The first-order chi connectivity index (χ1) is 9.82. The van der Waals surface area contributed by atoms with Gasteiger partial charge >= 0.3 is 0 Å². The molecule has 116 valence electrons. The predicted molar refractivity (Wildman–Crippen MR) is 74.9 cm³/mol. The fraction of sp³-hybridized carbons (Fsp3) is 0.545. The SMILES string of the molecule is CN(C)S(=O)(=O)N1CCN(C(=O)c2ccc(=O)[nH]n2)CC1. The second-order valence-corrected chi connectivity index (χ2v) is 6.93. The summed E-state index contributed by atoms with van der Waals surface area (Å²) in [6.07, 6.45) is 0. The van der Waals surface area contributed by atoms with Crippen molar-refractivity contribution in [3.8, 4) is 0 Å². The first kappa shape index (κ1) is 15.6. The lowest BCUT2D eigenvalue weighted by Crippen LogP contribution is -2.53. The largest absolute Gasteiger partial charge is 0.335 e. The maximum atomic E-state index is 12.2. The smallest absolute Gasteiger partial charge is 0.281 e. The Labute approximate surface area is 122 Å². The second-order valence-electron chi connectivity index (χ2n) is 4.79. The van der Waals surface area contributed by atoms with E-state index in [4.69, 9.17) is 0 Å². The number of aromatic nitrogens is 2. The van der Waals surface area contributed by atoms with Gasteiger partial charge in [0.25, 0.3) is 21.7 Å². The van der Waals surface area contributed by atoms with Crippen molar-refractivity contribution in [1.29, 1.82) is 0 Å². The molecule has 1 fully saturated rings. The minimum atomic E-state index is -3.45. The summed E-state index contributed by atoms with van der Waals surface area (Å²) in [5.41, 5.74) is -0.244. The van der Waals surface area contributed by atoms with Crippen LogP contribution in [0.5, 0.6) is 0 Å². The Morgan fingerprint density at radius 1 is 1.24 bits per heavy atom. The van der Waals surface area contributed by atoms with Crippen molar-refractivity contribution < 1.29 is 13.2 Å². The van der Waals surface area contributed by atoms with Crippen LogP contribution in [-0.2, 0) is 10.2 Å². The third-order valence-corrected chi connectivity index (χ3v) is 5.15. The Kier molecular flexibility index (Phi) is 4.40. The van der Waals surface area contributed by atoms with Gasteiger partial charge in [0.1, 0.15) is 5.69 Å². The highest BCUT2D eigenvalue weighted by Crippen LogP contribution is 2.11. The molecule has 0 radical (unpaired) electrons. The number of amides is 1. The Bertz CT molecular complexity index is 656. The minimum Gasteiger partial charge on any atom is -0.335 e. The second kappa shape index (κ2) is 5.92. The van der Waals surface area contributed by atoms with Crippen LogP contribution in [0.1, 0.15) is 10.5 Å². The number of nitrogens with one attached hydrogen (secondary N) is 1. The molecule has 0 bridgehead atoms. The van der Waals surface area contributed by atoms with Gasteiger partial charge in [-0.3, -0.25) is 9.59 Å². The molecule has 0 aliphatic carbocycles. The third-order valence-electron chi connectivity index (χ3n) is 3.21. The zero-order valence-corrected chi connectivity index (χ0v) is 12.6. The van der Waals surface area contributed by atoms with Crippen molar-refractivity contribution in [2.45, 2.75) is 0 Å². The Morgan fingerprint density at radius 2 is 1.86 bits per heavy atom.